The molecule has 1 aromatic rings. The Labute approximate surface area is 116 Å². The van der Waals surface area contributed by atoms with E-state index >= 15 is 0 Å². The molecule has 0 aliphatic carbocycles. The van der Waals surface area contributed by atoms with Gasteiger partial charge in [0.15, 0.2) is 0 Å². The fourth-order valence-corrected chi connectivity index (χ4v) is 2.67. The third kappa shape index (κ3) is 4.10. The van der Waals surface area contributed by atoms with Gasteiger partial charge >= 0.3 is 0 Å². The Kier molecular flexibility index (Phi) is 5.20. The molecule has 1 saturated heterocycles. The van der Waals surface area contributed by atoms with E-state index in [2.05, 4.69) is 38.7 Å². The van der Waals surface area contributed by atoms with Crippen molar-refractivity contribution in [3.8, 4) is 0 Å². The first kappa shape index (κ1) is 13.6. The number of amides is 1. The maximum Gasteiger partial charge on any atom is 0.237 e. The number of carbonyl (C=O) groups excluding carboxylic acids is 1. The number of halogens is 1. The molecule has 1 aliphatic rings. The van der Waals surface area contributed by atoms with Crippen LogP contribution < -0.4 is 10.6 Å². The topological polar surface area (TPSA) is 41.1 Å². The van der Waals surface area contributed by atoms with Crippen molar-refractivity contribution < 1.29 is 4.79 Å². The van der Waals surface area contributed by atoms with E-state index in [4.69, 9.17) is 0 Å². The van der Waals surface area contributed by atoms with Gasteiger partial charge in [-0.15, -0.1) is 0 Å². The third-order valence-electron chi connectivity index (χ3n) is 3.23. The zero-order valence-corrected chi connectivity index (χ0v) is 12.0. The molecule has 0 bridgehead atoms. The number of benzene rings is 1. The van der Waals surface area contributed by atoms with Crippen LogP contribution in [0.5, 0.6) is 0 Å². The number of hydrogen-bond donors (Lipinski definition) is 2. The Morgan fingerprint density at radius 3 is 3.06 bits per heavy atom. The maximum absolute atomic E-state index is 11.9. The highest BCUT2D eigenvalue weighted by Crippen LogP contribution is 2.12. The quantitative estimate of drug-likeness (QED) is 0.895. The SMILES string of the molecule is O=C(NCCc1cccc(Br)c1)C1CCCCN1. The van der Waals surface area contributed by atoms with Crippen molar-refractivity contribution in [2.24, 2.45) is 0 Å². The highest BCUT2D eigenvalue weighted by atomic mass is 79.9. The van der Waals surface area contributed by atoms with E-state index < -0.39 is 0 Å². The first-order valence-corrected chi connectivity index (χ1v) is 7.30. The zero-order valence-electron chi connectivity index (χ0n) is 10.4. The lowest BCUT2D eigenvalue weighted by Gasteiger charge is -2.22. The summed E-state index contributed by atoms with van der Waals surface area (Å²) in [4.78, 5) is 11.9. The summed E-state index contributed by atoms with van der Waals surface area (Å²) in [7, 11) is 0. The molecule has 1 amide bonds. The lowest BCUT2D eigenvalue weighted by Crippen LogP contribution is -2.47. The van der Waals surface area contributed by atoms with Crippen molar-refractivity contribution in [2.45, 2.75) is 31.7 Å². The Balaban J connectivity index is 1.73. The number of piperidine rings is 1. The van der Waals surface area contributed by atoms with Crippen molar-refractivity contribution in [3.05, 3.63) is 34.3 Å². The van der Waals surface area contributed by atoms with Gasteiger partial charge in [-0.05, 0) is 43.5 Å². The number of nitrogens with one attached hydrogen (secondary N) is 2. The van der Waals surface area contributed by atoms with Crippen LogP contribution in [0.15, 0.2) is 28.7 Å². The Morgan fingerprint density at radius 1 is 1.44 bits per heavy atom. The molecule has 0 saturated carbocycles. The standard InChI is InChI=1S/C14H19BrN2O/c15-12-5-3-4-11(10-12)7-9-17-14(18)13-6-1-2-8-16-13/h3-5,10,13,16H,1-2,6-9H2,(H,17,18). The van der Waals surface area contributed by atoms with Gasteiger partial charge in [-0.1, -0.05) is 34.5 Å². The molecule has 1 unspecified atom stereocenters. The summed E-state index contributed by atoms with van der Waals surface area (Å²) >= 11 is 3.45. The zero-order chi connectivity index (χ0) is 12.8. The van der Waals surface area contributed by atoms with Crippen molar-refractivity contribution in [1.29, 1.82) is 0 Å². The van der Waals surface area contributed by atoms with Crippen LogP contribution in [0, 0.1) is 0 Å². The molecule has 0 aromatic heterocycles. The van der Waals surface area contributed by atoms with Gasteiger partial charge in [-0.2, -0.15) is 0 Å². The molecule has 4 heteroatoms. The van der Waals surface area contributed by atoms with Gasteiger partial charge in [0.05, 0.1) is 6.04 Å². The average Bonchev–Trinajstić information content (AvgIpc) is 2.40. The molecular weight excluding hydrogens is 292 g/mol. The minimum Gasteiger partial charge on any atom is -0.354 e. The first-order valence-electron chi connectivity index (χ1n) is 6.51. The average molecular weight is 311 g/mol. The molecule has 0 spiro atoms. The predicted molar refractivity (Wildman–Crippen MR) is 76.5 cm³/mol. The fourth-order valence-electron chi connectivity index (χ4n) is 2.22. The molecule has 1 atom stereocenters. The van der Waals surface area contributed by atoms with E-state index in [1.807, 2.05) is 12.1 Å². The van der Waals surface area contributed by atoms with Gasteiger partial charge in [-0.3, -0.25) is 4.79 Å². The highest BCUT2D eigenvalue weighted by molar-refractivity contribution is 9.10. The summed E-state index contributed by atoms with van der Waals surface area (Å²) in [6, 6.07) is 8.21. The van der Waals surface area contributed by atoms with Crippen LogP contribution in [0.4, 0.5) is 0 Å². The summed E-state index contributed by atoms with van der Waals surface area (Å²) in [6.45, 7) is 1.66. The van der Waals surface area contributed by atoms with Gasteiger partial charge in [-0.25, -0.2) is 0 Å². The van der Waals surface area contributed by atoms with Crippen LogP contribution in [0.3, 0.4) is 0 Å². The minimum atomic E-state index is 0.0151. The molecule has 3 nitrogen and oxygen atoms in total. The molecule has 0 radical (unpaired) electrons. The van der Waals surface area contributed by atoms with Gasteiger partial charge in [0.2, 0.25) is 5.91 Å². The molecule has 1 fully saturated rings. The van der Waals surface area contributed by atoms with E-state index in [0.29, 0.717) is 6.54 Å². The Bertz CT molecular complexity index is 403. The van der Waals surface area contributed by atoms with E-state index in [9.17, 15) is 4.79 Å². The van der Waals surface area contributed by atoms with Crippen LogP contribution in [0.25, 0.3) is 0 Å². The van der Waals surface area contributed by atoms with Crippen molar-refractivity contribution >= 4 is 21.8 Å². The molecule has 98 valence electrons. The van der Waals surface area contributed by atoms with E-state index in [0.717, 1.165) is 30.3 Å². The summed E-state index contributed by atoms with van der Waals surface area (Å²) in [5.74, 6) is 0.143. The second-order valence-electron chi connectivity index (χ2n) is 4.67. The van der Waals surface area contributed by atoms with Crippen LogP contribution >= 0.6 is 15.9 Å². The largest absolute Gasteiger partial charge is 0.354 e. The number of rotatable bonds is 4. The number of carbonyl (C=O) groups is 1. The van der Waals surface area contributed by atoms with Gasteiger partial charge in [0.25, 0.3) is 0 Å². The molecule has 1 heterocycles. The maximum atomic E-state index is 11.9. The molecule has 2 N–H and O–H groups in total. The lowest BCUT2D eigenvalue weighted by molar-refractivity contribution is -0.123. The smallest absolute Gasteiger partial charge is 0.237 e. The van der Waals surface area contributed by atoms with E-state index in [1.165, 1.54) is 12.0 Å². The van der Waals surface area contributed by atoms with Crippen LogP contribution in [0.2, 0.25) is 0 Å². The minimum absolute atomic E-state index is 0.0151. The van der Waals surface area contributed by atoms with E-state index in [-0.39, 0.29) is 11.9 Å². The Morgan fingerprint density at radius 2 is 2.33 bits per heavy atom. The van der Waals surface area contributed by atoms with E-state index in [1.54, 1.807) is 0 Å². The monoisotopic (exact) mass is 310 g/mol. The van der Waals surface area contributed by atoms with Crippen molar-refractivity contribution in [3.63, 3.8) is 0 Å². The van der Waals surface area contributed by atoms with Gasteiger partial charge in [0, 0.05) is 11.0 Å². The van der Waals surface area contributed by atoms with Crippen LogP contribution in [-0.4, -0.2) is 25.0 Å². The van der Waals surface area contributed by atoms with Crippen LogP contribution in [0.1, 0.15) is 24.8 Å². The third-order valence-corrected chi connectivity index (χ3v) is 3.72. The molecular formula is C14H19BrN2O. The lowest BCUT2D eigenvalue weighted by atomic mass is 10.0. The highest BCUT2D eigenvalue weighted by Gasteiger charge is 2.19. The summed E-state index contributed by atoms with van der Waals surface area (Å²) in [6.07, 6.45) is 4.17. The van der Waals surface area contributed by atoms with Crippen LogP contribution in [-0.2, 0) is 11.2 Å². The first-order chi connectivity index (χ1) is 8.75. The normalized spacial score (nSPS) is 19.5. The molecule has 2 rings (SSSR count). The second-order valence-corrected chi connectivity index (χ2v) is 5.59. The predicted octanol–water partition coefficient (Wildman–Crippen LogP) is 2.25. The second kappa shape index (κ2) is 6.90. The Hall–Kier alpha value is -0.870. The summed E-state index contributed by atoms with van der Waals surface area (Å²) in [5.41, 5.74) is 1.24. The summed E-state index contributed by atoms with van der Waals surface area (Å²) in [5, 5.41) is 6.26. The molecule has 1 aliphatic heterocycles. The summed E-state index contributed by atoms with van der Waals surface area (Å²) < 4.78 is 1.08. The molecule has 1 aromatic carbocycles. The fraction of sp³-hybridized carbons (Fsp3) is 0.500. The van der Waals surface area contributed by atoms with Gasteiger partial charge < -0.3 is 10.6 Å². The number of hydrogen-bond acceptors (Lipinski definition) is 2. The van der Waals surface area contributed by atoms with Crippen molar-refractivity contribution in [2.75, 3.05) is 13.1 Å². The molecule has 18 heavy (non-hydrogen) atoms. The van der Waals surface area contributed by atoms with Gasteiger partial charge in [0.1, 0.15) is 0 Å². The van der Waals surface area contributed by atoms with Crippen molar-refractivity contribution in [1.82, 2.24) is 10.6 Å².